The van der Waals surface area contributed by atoms with E-state index in [2.05, 4.69) is 5.32 Å². The van der Waals surface area contributed by atoms with Gasteiger partial charge in [-0.3, -0.25) is 9.35 Å². The molecule has 5 nitrogen and oxygen atoms in total. The monoisotopic (exact) mass is 271 g/mol. The summed E-state index contributed by atoms with van der Waals surface area (Å²) in [5.41, 5.74) is 0.568. The summed E-state index contributed by atoms with van der Waals surface area (Å²) in [6.07, 6.45) is 0. The van der Waals surface area contributed by atoms with Gasteiger partial charge in [0.05, 0.1) is 4.90 Å². The van der Waals surface area contributed by atoms with Crippen LogP contribution in [0.1, 0.15) is 26.3 Å². The standard InChI is InChI=1S/C12H17NO4S/c1-8-7-9(18(15,16)17)5-6-10(8)13-11(14)12(2,3)4/h5-7H,1-4H3,(H,13,14)(H,15,16,17). The molecule has 1 aromatic carbocycles. The van der Waals surface area contributed by atoms with Gasteiger partial charge in [-0.2, -0.15) is 8.42 Å². The van der Waals surface area contributed by atoms with E-state index in [0.29, 0.717) is 11.3 Å². The van der Waals surface area contributed by atoms with Crippen molar-refractivity contribution >= 4 is 21.7 Å². The first-order chi connectivity index (χ1) is 8.01. The number of carbonyl (C=O) groups excluding carboxylic acids is 1. The Kier molecular flexibility index (Phi) is 3.83. The molecule has 2 N–H and O–H groups in total. The highest BCUT2D eigenvalue weighted by molar-refractivity contribution is 7.85. The number of rotatable bonds is 2. The minimum absolute atomic E-state index is 0.162. The minimum Gasteiger partial charge on any atom is -0.325 e. The summed E-state index contributed by atoms with van der Waals surface area (Å²) >= 11 is 0. The first-order valence-corrected chi connectivity index (χ1v) is 6.85. The predicted octanol–water partition coefficient (Wildman–Crippen LogP) is 2.23. The first kappa shape index (κ1) is 14.7. The van der Waals surface area contributed by atoms with Crippen molar-refractivity contribution < 1.29 is 17.8 Å². The number of hydrogen-bond donors (Lipinski definition) is 2. The number of anilines is 1. The molecule has 18 heavy (non-hydrogen) atoms. The molecule has 0 atom stereocenters. The number of hydrogen-bond acceptors (Lipinski definition) is 3. The summed E-state index contributed by atoms with van der Waals surface area (Å²) in [7, 11) is -4.21. The van der Waals surface area contributed by atoms with E-state index in [1.807, 2.05) is 0 Å². The number of carbonyl (C=O) groups is 1. The topological polar surface area (TPSA) is 83.5 Å². The number of amides is 1. The number of aryl methyl sites for hydroxylation is 1. The van der Waals surface area contributed by atoms with Crippen molar-refractivity contribution in [2.75, 3.05) is 5.32 Å². The van der Waals surface area contributed by atoms with Crippen LogP contribution in [0.2, 0.25) is 0 Å². The second-order valence-corrected chi connectivity index (χ2v) is 6.58. The van der Waals surface area contributed by atoms with Gasteiger partial charge >= 0.3 is 0 Å². The van der Waals surface area contributed by atoms with Gasteiger partial charge in [-0.1, -0.05) is 20.8 Å². The molecule has 1 amide bonds. The van der Waals surface area contributed by atoms with Crippen molar-refractivity contribution in [2.24, 2.45) is 5.41 Å². The molecule has 1 aromatic rings. The van der Waals surface area contributed by atoms with E-state index in [1.54, 1.807) is 27.7 Å². The van der Waals surface area contributed by atoms with Crippen LogP contribution >= 0.6 is 0 Å². The zero-order valence-electron chi connectivity index (χ0n) is 10.8. The van der Waals surface area contributed by atoms with Gasteiger partial charge in [-0.25, -0.2) is 0 Å². The molecular weight excluding hydrogens is 254 g/mol. The molecule has 1 rings (SSSR count). The highest BCUT2D eigenvalue weighted by Gasteiger charge is 2.22. The Labute approximate surface area is 107 Å². The van der Waals surface area contributed by atoms with Gasteiger partial charge in [0.1, 0.15) is 0 Å². The van der Waals surface area contributed by atoms with Crippen molar-refractivity contribution in [2.45, 2.75) is 32.6 Å². The lowest BCUT2D eigenvalue weighted by Crippen LogP contribution is -2.27. The average Bonchev–Trinajstić information content (AvgIpc) is 2.17. The van der Waals surface area contributed by atoms with E-state index in [9.17, 15) is 13.2 Å². The number of nitrogens with one attached hydrogen (secondary N) is 1. The molecule has 0 unspecified atom stereocenters. The van der Waals surface area contributed by atoms with Gasteiger partial charge in [-0.15, -0.1) is 0 Å². The maximum absolute atomic E-state index is 11.8. The zero-order chi connectivity index (χ0) is 14.1. The van der Waals surface area contributed by atoms with Crippen LogP contribution in [-0.4, -0.2) is 18.9 Å². The summed E-state index contributed by atoms with van der Waals surface area (Å²) in [6, 6.07) is 4.02. The summed E-state index contributed by atoms with van der Waals surface area (Å²) < 4.78 is 30.8. The molecule has 0 aliphatic heterocycles. The lowest BCUT2D eigenvalue weighted by Gasteiger charge is -2.18. The smallest absolute Gasteiger partial charge is 0.294 e. The SMILES string of the molecule is Cc1cc(S(=O)(=O)O)ccc1NC(=O)C(C)(C)C. The lowest BCUT2D eigenvalue weighted by molar-refractivity contribution is -0.123. The molecule has 0 bridgehead atoms. The van der Waals surface area contributed by atoms with Crippen LogP contribution in [0, 0.1) is 12.3 Å². The van der Waals surface area contributed by atoms with Crippen LogP contribution in [0.4, 0.5) is 5.69 Å². The largest absolute Gasteiger partial charge is 0.325 e. The van der Waals surface area contributed by atoms with E-state index in [1.165, 1.54) is 18.2 Å². The summed E-state index contributed by atoms with van der Waals surface area (Å²) in [6.45, 7) is 7.01. The molecule has 0 aromatic heterocycles. The Balaban J connectivity index is 3.05. The van der Waals surface area contributed by atoms with Gasteiger partial charge in [0, 0.05) is 11.1 Å². The van der Waals surface area contributed by atoms with E-state index < -0.39 is 15.5 Å². The third-order valence-electron chi connectivity index (χ3n) is 2.43. The second kappa shape index (κ2) is 4.70. The lowest BCUT2D eigenvalue weighted by atomic mass is 9.95. The summed E-state index contributed by atoms with van der Waals surface area (Å²) in [4.78, 5) is 11.6. The molecule has 100 valence electrons. The van der Waals surface area contributed by atoms with Gasteiger partial charge in [0.25, 0.3) is 10.1 Å². The van der Waals surface area contributed by atoms with E-state index in [4.69, 9.17) is 4.55 Å². The highest BCUT2D eigenvalue weighted by Crippen LogP contribution is 2.22. The summed E-state index contributed by atoms with van der Waals surface area (Å²) in [5, 5.41) is 2.71. The summed E-state index contributed by atoms with van der Waals surface area (Å²) in [5.74, 6) is -0.162. The average molecular weight is 271 g/mol. The van der Waals surface area contributed by atoms with Gasteiger partial charge in [-0.05, 0) is 30.7 Å². The molecule has 0 radical (unpaired) electrons. The highest BCUT2D eigenvalue weighted by atomic mass is 32.2. The van der Waals surface area contributed by atoms with Crippen LogP contribution in [0.15, 0.2) is 23.1 Å². The zero-order valence-corrected chi connectivity index (χ0v) is 11.6. The molecule has 0 saturated heterocycles. The molecule has 0 heterocycles. The maximum atomic E-state index is 11.8. The van der Waals surface area contributed by atoms with Crippen molar-refractivity contribution in [3.05, 3.63) is 23.8 Å². The third kappa shape index (κ3) is 3.54. The molecule has 6 heteroatoms. The van der Waals surface area contributed by atoms with Crippen LogP contribution in [0.5, 0.6) is 0 Å². The third-order valence-corrected chi connectivity index (χ3v) is 3.27. The van der Waals surface area contributed by atoms with Crippen molar-refractivity contribution in [3.63, 3.8) is 0 Å². The maximum Gasteiger partial charge on any atom is 0.294 e. The van der Waals surface area contributed by atoms with Crippen LogP contribution in [-0.2, 0) is 14.9 Å². The Morgan fingerprint density at radius 3 is 2.22 bits per heavy atom. The molecule has 0 aliphatic rings. The minimum atomic E-state index is -4.21. The normalized spacial score (nSPS) is 12.3. The fourth-order valence-electron chi connectivity index (χ4n) is 1.25. The van der Waals surface area contributed by atoms with Gasteiger partial charge in [0.2, 0.25) is 5.91 Å². The fourth-order valence-corrected chi connectivity index (χ4v) is 1.81. The van der Waals surface area contributed by atoms with Crippen LogP contribution in [0.3, 0.4) is 0 Å². The first-order valence-electron chi connectivity index (χ1n) is 5.41. The predicted molar refractivity (Wildman–Crippen MR) is 69.1 cm³/mol. The van der Waals surface area contributed by atoms with Crippen LogP contribution < -0.4 is 5.32 Å². The molecule has 0 spiro atoms. The van der Waals surface area contributed by atoms with Crippen LogP contribution in [0.25, 0.3) is 0 Å². The molecular formula is C12H17NO4S. The number of benzene rings is 1. The second-order valence-electron chi connectivity index (χ2n) is 5.16. The molecule has 0 saturated carbocycles. The van der Waals surface area contributed by atoms with Gasteiger partial charge < -0.3 is 5.32 Å². The quantitative estimate of drug-likeness (QED) is 0.808. The van der Waals surface area contributed by atoms with Crippen molar-refractivity contribution in [1.82, 2.24) is 0 Å². The van der Waals surface area contributed by atoms with Gasteiger partial charge in [0.15, 0.2) is 0 Å². The Morgan fingerprint density at radius 2 is 1.83 bits per heavy atom. The van der Waals surface area contributed by atoms with E-state index >= 15 is 0 Å². The Bertz CT molecular complexity index is 570. The van der Waals surface area contributed by atoms with Crippen molar-refractivity contribution in [3.8, 4) is 0 Å². The molecule has 0 fully saturated rings. The fraction of sp³-hybridized carbons (Fsp3) is 0.417. The van der Waals surface area contributed by atoms with E-state index in [0.717, 1.165) is 0 Å². The molecule has 0 aliphatic carbocycles. The van der Waals surface area contributed by atoms with E-state index in [-0.39, 0.29) is 10.8 Å². The Hall–Kier alpha value is -1.40. The van der Waals surface area contributed by atoms with Crippen molar-refractivity contribution in [1.29, 1.82) is 0 Å². The Morgan fingerprint density at radius 1 is 1.28 bits per heavy atom.